The number of carboxylic acid groups (broad SMARTS) is 2. The minimum atomic E-state index is -4.98. The van der Waals surface area contributed by atoms with Gasteiger partial charge in [-0.15, -0.1) is 0 Å². The van der Waals surface area contributed by atoms with Gasteiger partial charge < -0.3 is 63.4 Å². The van der Waals surface area contributed by atoms with Crippen molar-refractivity contribution < 1.29 is 77.0 Å². The van der Waals surface area contributed by atoms with E-state index in [1.807, 2.05) is 13.8 Å². The lowest BCUT2D eigenvalue weighted by molar-refractivity contribution is -0.143. The molecule has 1 unspecified atom stereocenters. The Hall–Kier alpha value is -6.95. The van der Waals surface area contributed by atoms with Gasteiger partial charge in [0.15, 0.2) is 0 Å². The summed E-state index contributed by atoms with van der Waals surface area (Å²) in [5, 5.41) is 35.6. The number of benzene rings is 2. The van der Waals surface area contributed by atoms with E-state index in [0.29, 0.717) is 12.0 Å². The van der Waals surface area contributed by atoms with Gasteiger partial charge in [-0.2, -0.15) is 0 Å². The third-order valence-electron chi connectivity index (χ3n) is 11.0. The largest absolute Gasteiger partial charge is 0.524 e. The van der Waals surface area contributed by atoms with Gasteiger partial charge in [-0.05, 0) is 60.3 Å². The Morgan fingerprint density at radius 2 is 1.15 bits per heavy atom. The summed E-state index contributed by atoms with van der Waals surface area (Å²) in [6.45, 7) is 11.3. The fourth-order valence-electron chi connectivity index (χ4n) is 7.27. The van der Waals surface area contributed by atoms with E-state index in [2.05, 4.69) is 41.7 Å². The van der Waals surface area contributed by atoms with Crippen molar-refractivity contribution in [2.75, 3.05) is 6.54 Å². The van der Waals surface area contributed by atoms with Crippen molar-refractivity contribution >= 4 is 67.0 Å². The molecule has 0 saturated heterocycles. The Bertz CT molecular complexity index is 2300. The number of carbonyl (C=O) groups excluding carboxylic acids is 8. The molecular weight excluding hydrogens is 978 g/mol. The molecule has 0 radical (unpaired) electrons. The zero-order valence-corrected chi connectivity index (χ0v) is 42.7. The van der Waals surface area contributed by atoms with Crippen LogP contribution in [0.4, 0.5) is 0 Å². The first-order valence-electron chi connectivity index (χ1n) is 23.4. The van der Waals surface area contributed by atoms with Crippen molar-refractivity contribution in [3.63, 3.8) is 0 Å². The normalized spacial score (nSPS) is 14.7. The summed E-state index contributed by atoms with van der Waals surface area (Å²) >= 11 is 0. The van der Waals surface area contributed by atoms with Gasteiger partial charge in [-0.1, -0.05) is 90.9 Å². The lowest BCUT2D eigenvalue weighted by atomic mass is 9.91. The van der Waals surface area contributed by atoms with Crippen LogP contribution in [-0.4, -0.2) is 128 Å². The second-order valence-corrected chi connectivity index (χ2v) is 19.8. The predicted octanol–water partition coefficient (Wildman–Crippen LogP) is -0.570. The highest BCUT2D eigenvalue weighted by molar-refractivity contribution is 7.46. The van der Waals surface area contributed by atoms with Crippen LogP contribution in [0.5, 0.6) is 5.75 Å². The van der Waals surface area contributed by atoms with Crippen molar-refractivity contribution in [2.45, 2.75) is 135 Å². The van der Waals surface area contributed by atoms with Gasteiger partial charge in [0, 0.05) is 18.8 Å². The van der Waals surface area contributed by atoms with Crippen molar-refractivity contribution in [1.82, 2.24) is 37.2 Å². The van der Waals surface area contributed by atoms with Crippen molar-refractivity contribution in [2.24, 2.45) is 29.2 Å². The highest BCUT2D eigenvalue weighted by Gasteiger charge is 2.37. The highest BCUT2D eigenvalue weighted by Crippen LogP contribution is 2.37. The fraction of sp³-hybridized carbons (Fsp3) is 0.532. The molecule has 0 bridgehead atoms. The van der Waals surface area contributed by atoms with Crippen LogP contribution in [0, 0.1) is 17.8 Å². The molecule has 26 heteroatoms. The zero-order valence-electron chi connectivity index (χ0n) is 41.8. The van der Waals surface area contributed by atoms with Crippen LogP contribution in [0.3, 0.4) is 0 Å². The number of primary amides is 1. The van der Waals surface area contributed by atoms with Gasteiger partial charge in [0.25, 0.3) is 0 Å². The van der Waals surface area contributed by atoms with Crippen LogP contribution < -0.4 is 53.2 Å². The molecule has 0 aliphatic rings. The number of carboxylic acids is 2. The van der Waals surface area contributed by atoms with E-state index < -0.39 is 153 Å². The average molecular weight is 1050 g/mol. The number of nitrogens with two attached hydrogens (primary N) is 2. The highest BCUT2D eigenvalue weighted by atomic mass is 31.2. The van der Waals surface area contributed by atoms with Gasteiger partial charge in [0.05, 0.1) is 19.0 Å². The topological polar surface area (TPSA) is 414 Å². The van der Waals surface area contributed by atoms with Crippen LogP contribution in [0.15, 0.2) is 54.6 Å². The Kier molecular flexibility index (Phi) is 25.2. The van der Waals surface area contributed by atoms with Gasteiger partial charge in [0.1, 0.15) is 42.0 Å². The molecule has 15 N–H and O–H groups in total. The first-order valence-corrected chi connectivity index (χ1v) is 25.0. The minimum absolute atomic E-state index is 0.0620. The number of phosphoric ester groups is 1. The maximum atomic E-state index is 14.6. The lowest BCUT2D eigenvalue weighted by Gasteiger charge is -2.31. The Labute approximate surface area is 422 Å². The third-order valence-corrected chi connectivity index (χ3v) is 11.5. The quantitative estimate of drug-likeness (QED) is 0.0421. The van der Waals surface area contributed by atoms with Crippen LogP contribution in [-0.2, 0) is 58.9 Å². The molecule has 0 saturated carbocycles. The Morgan fingerprint density at radius 3 is 1.67 bits per heavy atom. The minimum Gasteiger partial charge on any atom is -0.481 e. The van der Waals surface area contributed by atoms with Crippen LogP contribution >= 0.6 is 7.82 Å². The van der Waals surface area contributed by atoms with Crippen molar-refractivity contribution in [3.8, 4) is 5.75 Å². The lowest BCUT2D eigenvalue weighted by Crippen LogP contribution is -2.61. The van der Waals surface area contributed by atoms with Crippen LogP contribution in [0.2, 0.25) is 0 Å². The maximum absolute atomic E-state index is 14.6. The molecule has 73 heavy (non-hydrogen) atoms. The molecule has 0 aliphatic heterocycles. The van der Waals surface area contributed by atoms with Crippen molar-refractivity contribution in [1.29, 1.82) is 0 Å². The number of hydrogen-bond donors (Lipinski definition) is 13. The molecule has 0 heterocycles. The summed E-state index contributed by atoms with van der Waals surface area (Å²) in [5.74, 6) is -12.1. The zero-order chi connectivity index (χ0) is 55.3. The first kappa shape index (κ1) is 62.2. The summed E-state index contributed by atoms with van der Waals surface area (Å²) in [5.41, 5.74) is 12.5. The number of hydrogen-bond acceptors (Lipinski definition) is 13. The molecule has 404 valence electrons. The van der Waals surface area contributed by atoms with Gasteiger partial charge in [-0.25, -0.2) is 9.36 Å². The molecule has 0 aliphatic carbocycles. The predicted molar refractivity (Wildman–Crippen MR) is 262 cm³/mol. The van der Waals surface area contributed by atoms with E-state index in [0.717, 1.165) is 0 Å². The third kappa shape index (κ3) is 23.0. The fourth-order valence-corrected chi connectivity index (χ4v) is 7.67. The van der Waals surface area contributed by atoms with E-state index >= 15 is 0 Å². The second-order valence-electron chi connectivity index (χ2n) is 18.7. The summed E-state index contributed by atoms with van der Waals surface area (Å²) < 4.78 is 16.1. The Balaban J connectivity index is 2.56. The van der Waals surface area contributed by atoms with E-state index in [9.17, 15) is 67.4 Å². The molecule has 2 aromatic rings. The molecule has 25 nitrogen and oxygen atoms in total. The number of rotatable bonds is 31. The van der Waals surface area contributed by atoms with Gasteiger partial charge in [0.2, 0.25) is 47.3 Å². The van der Waals surface area contributed by atoms with Gasteiger partial charge in [-0.3, -0.25) is 52.9 Å². The van der Waals surface area contributed by atoms with Crippen LogP contribution in [0.25, 0.3) is 0 Å². The second kappa shape index (κ2) is 29.5. The first-order chi connectivity index (χ1) is 34.0. The number of carbonyl (C=O) groups is 10. The number of amides is 8. The molecule has 0 aromatic heterocycles. The molecule has 2 aromatic carbocycles. The average Bonchev–Trinajstić information content (AvgIpc) is 3.28. The summed E-state index contributed by atoms with van der Waals surface area (Å²) in [4.78, 5) is 150. The summed E-state index contributed by atoms with van der Waals surface area (Å²) in [7, 11) is -4.98. The standard InChI is InChI=1S/C47H70N9O16P/c1-24(2)19-31(48)41(61)55-39(26(5)6)45(65)56-40(27(7)29-11-9-8-10-12-29)46(66)54-34(21-28-13-15-30(16-14-28)72-73(69,70)71)43(63)53-35(22-36(49)57)44(64)52-33(20-25(3)4)42(62)50-23-37(58)51-32(47(67)68)17-18-38(59)60/h8-16,24-27,31-35,39-40H,17-23,48H2,1-7H3,(H2,49,57)(H,50,62)(H,51,58)(H,52,64)(H,53,63)(H,54,66)(H,55,61)(H,56,65)(H,59,60)(H,67,68)(H2,69,70,71)/t27?,31-,32-,33-,34-,35-,39-,40-/m0/s1. The maximum Gasteiger partial charge on any atom is 0.524 e. The van der Waals surface area contributed by atoms with Crippen LogP contribution in [0.1, 0.15) is 97.6 Å². The molecule has 0 spiro atoms. The van der Waals surface area contributed by atoms with Gasteiger partial charge >= 0.3 is 19.8 Å². The monoisotopic (exact) mass is 1050 g/mol. The van der Waals surface area contributed by atoms with E-state index in [4.69, 9.17) is 16.6 Å². The Morgan fingerprint density at radius 1 is 0.616 bits per heavy atom. The van der Waals surface area contributed by atoms with Crippen molar-refractivity contribution in [3.05, 3.63) is 65.7 Å². The molecule has 0 fully saturated rings. The number of phosphoric acid groups is 1. The number of aliphatic carboxylic acids is 2. The molecule has 8 atom stereocenters. The van der Waals surface area contributed by atoms with E-state index in [1.165, 1.54) is 24.3 Å². The summed E-state index contributed by atoms with van der Waals surface area (Å²) in [6.07, 6.45) is -2.00. The van der Waals surface area contributed by atoms with E-state index in [1.54, 1.807) is 65.0 Å². The van der Waals surface area contributed by atoms with E-state index in [-0.39, 0.29) is 29.6 Å². The smallest absolute Gasteiger partial charge is 0.481 e. The SMILES string of the molecule is CC(C)C[C@H](NC(=O)[C@H](CC(N)=O)NC(=O)[C@H](Cc1ccc(OP(=O)(O)O)cc1)NC(=O)[C@@H](NC(=O)[C@@H](NC(=O)[C@@H](N)CC(C)C)C(C)C)C(C)c1ccccc1)C(=O)NCC(=O)N[C@@H](CCC(=O)O)C(=O)O. The summed E-state index contributed by atoms with van der Waals surface area (Å²) in [6, 6.07) is 3.48. The molecular formula is C47H70N9O16P. The molecule has 2 rings (SSSR count). The number of nitrogens with one attached hydrogen (secondary N) is 7. The molecule has 8 amide bonds.